The van der Waals surface area contributed by atoms with Crippen molar-refractivity contribution in [2.24, 2.45) is 0 Å². The molecule has 0 aromatic heterocycles. The summed E-state index contributed by atoms with van der Waals surface area (Å²) in [6.07, 6.45) is 1.94. The molecular formula is C13H21N3O2. The molecule has 0 aromatic rings. The highest BCUT2D eigenvalue weighted by molar-refractivity contribution is 6.01. The number of amides is 2. The highest BCUT2D eigenvalue weighted by Gasteiger charge is 2.30. The van der Waals surface area contributed by atoms with Crippen LogP contribution in [0.25, 0.3) is 0 Å². The number of nitriles is 1. The quantitative estimate of drug-likeness (QED) is 0.720. The van der Waals surface area contributed by atoms with E-state index in [9.17, 15) is 14.9 Å². The molecule has 0 saturated carbocycles. The molecule has 18 heavy (non-hydrogen) atoms. The van der Waals surface area contributed by atoms with Crippen LogP contribution < -0.4 is 5.32 Å². The number of nitrogens with zero attached hydrogens (tertiary/aromatic N) is 2. The minimum Gasteiger partial charge on any atom is -0.297 e. The Morgan fingerprint density at radius 3 is 2.39 bits per heavy atom. The summed E-state index contributed by atoms with van der Waals surface area (Å²) < 4.78 is 0. The summed E-state index contributed by atoms with van der Waals surface area (Å²) in [7, 11) is 0. The molecule has 1 atom stereocenters. The van der Waals surface area contributed by atoms with Gasteiger partial charge >= 0.3 is 0 Å². The molecule has 0 spiro atoms. The second-order valence-corrected chi connectivity index (χ2v) is 5.29. The van der Waals surface area contributed by atoms with E-state index in [0.717, 1.165) is 0 Å². The summed E-state index contributed by atoms with van der Waals surface area (Å²) in [5, 5.41) is 12.4. The minimum absolute atomic E-state index is 0.0875. The lowest BCUT2D eigenvalue weighted by atomic mass is 9.96. The van der Waals surface area contributed by atoms with Gasteiger partial charge < -0.3 is 0 Å². The van der Waals surface area contributed by atoms with E-state index in [2.05, 4.69) is 11.4 Å². The molecule has 0 bridgehead atoms. The zero-order valence-corrected chi connectivity index (χ0v) is 11.3. The Kier molecular flexibility index (Phi) is 4.85. The van der Waals surface area contributed by atoms with Crippen molar-refractivity contribution >= 4 is 11.8 Å². The van der Waals surface area contributed by atoms with E-state index in [-0.39, 0.29) is 17.9 Å². The monoisotopic (exact) mass is 251 g/mol. The number of carbonyl (C=O) groups is 2. The molecule has 1 aliphatic heterocycles. The summed E-state index contributed by atoms with van der Waals surface area (Å²) in [4.78, 5) is 24.1. The second kappa shape index (κ2) is 5.96. The van der Waals surface area contributed by atoms with Gasteiger partial charge in [-0.15, -0.1) is 0 Å². The zero-order chi connectivity index (χ0) is 13.8. The molecule has 0 radical (unpaired) electrons. The van der Waals surface area contributed by atoms with E-state index < -0.39 is 5.54 Å². The maximum Gasteiger partial charge on any atom is 0.229 e. The summed E-state index contributed by atoms with van der Waals surface area (Å²) in [5.74, 6) is -0.175. The van der Waals surface area contributed by atoms with Crippen molar-refractivity contribution in [1.29, 1.82) is 5.26 Å². The first-order valence-corrected chi connectivity index (χ1v) is 6.40. The van der Waals surface area contributed by atoms with Crippen molar-refractivity contribution in [3.05, 3.63) is 0 Å². The van der Waals surface area contributed by atoms with Gasteiger partial charge in [-0.25, -0.2) is 0 Å². The Balaban J connectivity index is 2.43. The highest BCUT2D eigenvalue weighted by Crippen LogP contribution is 2.16. The van der Waals surface area contributed by atoms with E-state index in [1.54, 1.807) is 0 Å². The maximum atomic E-state index is 11.4. The number of carbonyl (C=O) groups excluding carboxylic acids is 2. The van der Waals surface area contributed by atoms with Crippen LogP contribution in [0.2, 0.25) is 0 Å². The fourth-order valence-electron chi connectivity index (χ4n) is 2.26. The van der Waals surface area contributed by atoms with Gasteiger partial charge in [0.25, 0.3) is 0 Å². The van der Waals surface area contributed by atoms with Crippen LogP contribution in [-0.4, -0.2) is 34.8 Å². The SMILES string of the molecule is CC(C)NC(C)(C#N)CCCN1C(=O)CCC1=O. The summed E-state index contributed by atoms with van der Waals surface area (Å²) in [6, 6.07) is 2.48. The van der Waals surface area contributed by atoms with Gasteiger partial charge in [-0.1, -0.05) is 0 Å². The molecule has 1 N–H and O–H groups in total. The third-order valence-electron chi connectivity index (χ3n) is 3.07. The standard InChI is InChI=1S/C13H21N3O2/c1-10(2)15-13(3,9-14)7-4-8-16-11(17)5-6-12(16)18/h10,15H,4-8H2,1-3H3. The average molecular weight is 251 g/mol. The molecule has 100 valence electrons. The third kappa shape index (κ3) is 3.81. The van der Waals surface area contributed by atoms with Crippen molar-refractivity contribution in [2.45, 2.75) is 58.0 Å². The normalized spacial score (nSPS) is 19.2. The van der Waals surface area contributed by atoms with Crippen LogP contribution in [0, 0.1) is 11.3 Å². The van der Waals surface area contributed by atoms with Gasteiger partial charge in [-0.2, -0.15) is 5.26 Å². The number of hydrogen-bond donors (Lipinski definition) is 1. The van der Waals surface area contributed by atoms with E-state index in [0.29, 0.717) is 32.2 Å². The number of hydrogen-bond acceptors (Lipinski definition) is 4. The topological polar surface area (TPSA) is 73.2 Å². The molecule has 1 heterocycles. The molecule has 1 saturated heterocycles. The van der Waals surface area contributed by atoms with E-state index in [4.69, 9.17) is 0 Å². The van der Waals surface area contributed by atoms with Crippen LogP contribution in [0.4, 0.5) is 0 Å². The van der Waals surface area contributed by atoms with Crippen molar-refractivity contribution in [3.63, 3.8) is 0 Å². The molecule has 1 unspecified atom stereocenters. The first-order valence-electron chi connectivity index (χ1n) is 6.40. The van der Waals surface area contributed by atoms with Gasteiger partial charge in [0.05, 0.1) is 6.07 Å². The van der Waals surface area contributed by atoms with Gasteiger partial charge in [0.1, 0.15) is 5.54 Å². The zero-order valence-electron chi connectivity index (χ0n) is 11.3. The second-order valence-electron chi connectivity index (χ2n) is 5.29. The van der Waals surface area contributed by atoms with Gasteiger partial charge in [-0.05, 0) is 33.6 Å². The van der Waals surface area contributed by atoms with Crippen LogP contribution in [0.15, 0.2) is 0 Å². The van der Waals surface area contributed by atoms with Crippen LogP contribution >= 0.6 is 0 Å². The Hall–Kier alpha value is -1.41. The predicted octanol–water partition coefficient (Wildman–Crippen LogP) is 1.20. The van der Waals surface area contributed by atoms with Crippen LogP contribution in [0.1, 0.15) is 46.5 Å². The predicted molar refractivity (Wildman–Crippen MR) is 67.5 cm³/mol. The fourth-order valence-corrected chi connectivity index (χ4v) is 2.26. The molecule has 2 amide bonds. The van der Waals surface area contributed by atoms with Crippen molar-refractivity contribution in [2.75, 3.05) is 6.54 Å². The smallest absolute Gasteiger partial charge is 0.229 e. The lowest BCUT2D eigenvalue weighted by Gasteiger charge is -2.26. The summed E-state index contributed by atoms with van der Waals surface area (Å²) in [6.45, 7) is 6.25. The van der Waals surface area contributed by atoms with E-state index >= 15 is 0 Å². The number of imide groups is 1. The molecule has 1 fully saturated rings. The maximum absolute atomic E-state index is 11.4. The van der Waals surface area contributed by atoms with Crippen LogP contribution in [0.3, 0.4) is 0 Å². The van der Waals surface area contributed by atoms with E-state index in [1.807, 2.05) is 20.8 Å². The largest absolute Gasteiger partial charge is 0.297 e. The number of likely N-dealkylation sites (tertiary alicyclic amines) is 1. The van der Waals surface area contributed by atoms with Crippen molar-refractivity contribution in [1.82, 2.24) is 10.2 Å². The Bertz CT molecular complexity index is 357. The fraction of sp³-hybridized carbons (Fsp3) is 0.769. The van der Waals surface area contributed by atoms with Gasteiger partial charge in [0.15, 0.2) is 0 Å². The summed E-state index contributed by atoms with van der Waals surface area (Å²) in [5.41, 5.74) is -0.597. The summed E-state index contributed by atoms with van der Waals surface area (Å²) >= 11 is 0. The van der Waals surface area contributed by atoms with Crippen molar-refractivity contribution < 1.29 is 9.59 Å². The average Bonchev–Trinajstić information content (AvgIpc) is 2.59. The third-order valence-corrected chi connectivity index (χ3v) is 3.07. The lowest BCUT2D eigenvalue weighted by molar-refractivity contribution is -0.138. The Morgan fingerprint density at radius 1 is 1.39 bits per heavy atom. The molecule has 5 nitrogen and oxygen atoms in total. The van der Waals surface area contributed by atoms with Gasteiger partial charge in [-0.3, -0.25) is 19.8 Å². The number of nitrogens with one attached hydrogen (secondary N) is 1. The molecule has 0 aromatic carbocycles. The first-order chi connectivity index (χ1) is 8.38. The Morgan fingerprint density at radius 2 is 1.94 bits per heavy atom. The van der Waals surface area contributed by atoms with Crippen molar-refractivity contribution in [3.8, 4) is 6.07 Å². The lowest BCUT2D eigenvalue weighted by Crippen LogP contribution is -2.45. The highest BCUT2D eigenvalue weighted by atomic mass is 16.2. The first kappa shape index (κ1) is 14.7. The molecule has 1 aliphatic rings. The molecule has 1 rings (SSSR count). The van der Waals surface area contributed by atoms with Gasteiger partial charge in [0.2, 0.25) is 11.8 Å². The van der Waals surface area contributed by atoms with E-state index in [1.165, 1.54) is 4.90 Å². The minimum atomic E-state index is -0.597. The molecule has 5 heteroatoms. The molecule has 0 aliphatic carbocycles. The van der Waals surface area contributed by atoms with Gasteiger partial charge in [0, 0.05) is 25.4 Å². The van der Waals surface area contributed by atoms with Crippen LogP contribution in [-0.2, 0) is 9.59 Å². The van der Waals surface area contributed by atoms with Crippen LogP contribution in [0.5, 0.6) is 0 Å². The Labute approximate surface area is 108 Å². The number of rotatable bonds is 6. The molecular weight excluding hydrogens is 230 g/mol.